The minimum atomic E-state index is -0.431. The average Bonchev–Trinajstić information content (AvgIpc) is 2.82. The van der Waals surface area contributed by atoms with Crippen LogP contribution in [-0.4, -0.2) is 60.4 Å². The summed E-state index contributed by atoms with van der Waals surface area (Å²) in [6.07, 6.45) is 0.196. The molecule has 2 heterocycles. The highest BCUT2D eigenvalue weighted by Gasteiger charge is 2.33. The summed E-state index contributed by atoms with van der Waals surface area (Å²) in [6, 6.07) is -0.0944. The molecular weight excluding hydrogens is 224 g/mol. The van der Waals surface area contributed by atoms with E-state index in [4.69, 9.17) is 5.73 Å². The second kappa shape index (κ2) is 4.60. The molecule has 4 amide bonds. The molecule has 0 aromatic carbocycles. The first-order valence-electron chi connectivity index (χ1n) is 5.68. The Balaban J connectivity index is 1.81. The fourth-order valence-electron chi connectivity index (χ4n) is 2.14. The van der Waals surface area contributed by atoms with E-state index in [1.54, 1.807) is 9.80 Å². The zero-order valence-corrected chi connectivity index (χ0v) is 9.52. The lowest BCUT2D eigenvalue weighted by atomic mass is 10.1. The summed E-state index contributed by atoms with van der Waals surface area (Å²) in [7, 11) is 0. The van der Waals surface area contributed by atoms with Crippen molar-refractivity contribution < 1.29 is 14.4 Å². The molecule has 1 atom stereocenters. The molecule has 2 rings (SSSR count). The van der Waals surface area contributed by atoms with Gasteiger partial charge in [0.05, 0.1) is 5.92 Å². The van der Waals surface area contributed by atoms with Gasteiger partial charge >= 0.3 is 6.03 Å². The van der Waals surface area contributed by atoms with Crippen LogP contribution in [-0.2, 0) is 9.59 Å². The first-order chi connectivity index (χ1) is 8.08. The summed E-state index contributed by atoms with van der Waals surface area (Å²) >= 11 is 0. The van der Waals surface area contributed by atoms with Crippen LogP contribution in [0.4, 0.5) is 4.79 Å². The van der Waals surface area contributed by atoms with E-state index in [-0.39, 0.29) is 24.3 Å². The number of hydrogen-bond donors (Lipinski definition) is 2. The Kier molecular flexibility index (Phi) is 3.16. The lowest BCUT2D eigenvalue weighted by Crippen LogP contribution is -2.38. The monoisotopic (exact) mass is 240 g/mol. The van der Waals surface area contributed by atoms with E-state index >= 15 is 0 Å². The number of carbonyl (C=O) groups is 3. The zero-order chi connectivity index (χ0) is 12.4. The number of primary amides is 1. The van der Waals surface area contributed by atoms with Crippen LogP contribution >= 0.6 is 0 Å². The average molecular weight is 240 g/mol. The van der Waals surface area contributed by atoms with E-state index in [2.05, 4.69) is 5.32 Å². The molecule has 7 heteroatoms. The van der Waals surface area contributed by atoms with Crippen LogP contribution in [0.1, 0.15) is 6.42 Å². The Morgan fingerprint density at radius 1 is 1.35 bits per heavy atom. The van der Waals surface area contributed by atoms with Gasteiger partial charge in [-0.2, -0.15) is 0 Å². The highest BCUT2D eigenvalue weighted by atomic mass is 16.2. The number of carbonyl (C=O) groups excluding carboxylic acids is 3. The molecule has 17 heavy (non-hydrogen) atoms. The van der Waals surface area contributed by atoms with Gasteiger partial charge in [0.1, 0.15) is 0 Å². The third kappa shape index (κ3) is 2.48. The molecule has 0 aromatic rings. The van der Waals surface area contributed by atoms with E-state index in [1.165, 1.54) is 0 Å². The molecule has 0 bridgehead atoms. The van der Waals surface area contributed by atoms with Gasteiger partial charge in [-0.25, -0.2) is 4.79 Å². The predicted octanol–water partition coefficient (Wildman–Crippen LogP) is -1.65. The summed E-state index contributed by atoms with van der Waals surface area (Å²) in [6.45, 7) is 2.67. The zero-order valence-electron chi connectivity index (χ0n) is 9.52. The Bertz CT molecular complexity index is 357. The van der Waals surface area contributed by atoms with Crippen LogP contribution in [0, 0.1) is 5.92 Å². The van der Waals surface area contributed by atoms with Crippen molar-refractivity contribution in [2.75, 3.05) is 32.7 Å². The summed E-state index contributed by atoms with van der Waals surface area (Å²) < 4.78 is 0. The van der Waals surface area contributed by atoms with Crippen LogP contribution in [0.15, 0.2) is 0 Å². The van der Waals surface area contributed by atoms with Crippen LogP contribution in [0.25, 0.3) is 0 Å². The van der Waals surface area contributed by atoms with Gasteiger partial charge in [0, 0.05) is 39.1 Å². The second-order valence-corrected chi connectivity index (χ2v) is 4.36. The van der Waals surface area contributed by atoms with Gasteiger partial charge in [0.15, 0.2) is 0 Å². The van der Waals surface area contributed by atoms with Crippen molar-refractivity contribution in [3.05, 3.63) is 0 Å². The van der Waals surface area contributed by atoms with Crippen molar-refractivity contribution >= 4 is 17.8 Å². The number of likely N-dealkylation sites (tertiary alicyclic amines) is 1. The van der Waals surface area contributed by atoms with Gasteiger partial charge in [-0.15, -0.1) is 0 Å². The Hall–Kier alpha value is -1.79. The normalized spacial score (nSPS) is 24.4. The van der Waals surface area contributed by atoms with Gasteiger partial charge in [0.2, 0.25) is 11.8 Å². The van der Waals surface area contributed by atoms with Crippen molar-refractivity contribution in [1.29, 1.82) is 0 Å². The van der Waals surface area contributed by atoms with E-state index in [1.807, 2.05) is 0 Å². The summed E-state index contributed by atoms with van der Waals surface area (Å²) in [5, 5.41) is 2.69. The van der Waals surface area contributed by atoms with Gasteiger partial charge in [-0.1, -0.05) is 0 Å². The smallest absolute Gasteiger partial charge is 0.317 e. The molecule has 2 saturated heterocycles. The number of hydrogen-bond acceptors (Lipinski definition) is 3. The van der Waals surface area contributed by atoms with Crippen LogP contribution in [0.3, 0.4) is 0 Å². The first kappa shape index (κ1) is 11.7. The largest absolute Gasteiger partial charge is 0.369 e. The van der Waals surface area contributed by atoms with Crippen molar-refractivity contribution in [2.24, 2.45) is 11.7 Å². The molecule has 2 aliphatic heterocycles. The molecule has 0 aliphatic carbocycles. The molecule has 0 aromatic heterocycles. The van der Waals surface area contributed by atoms with Crippen LogP contribution in [0.5, 0.6) is 0 Å². The maximum Gasteiger partial charge on any atom is 0.317 e. The van der Waals surface area contributed by atoms with E-state index in [9.17, 15) is 14.4 Å². The van der Waals surface area contributed by atoms with Crippen molar-refractivity contribution in [3.8, 4) is 0 Å². The van der Waals surface area contributed by atoms with Crippen molar-refractivity contribution in [1.82, 2.24) is 15.1 Å². The lowest BCUT2D eigenvalue weighted by Gasteiger charge is -2.20. The van der Waals surface area contributed by atoms with Crippen molar-refractivity contribution in [3.63, 3.8) is 0 Å². The number of urea groups is 1. The van der Waals surface area contributed by atoms with Crippen molar-refractivity contribution in [2.45, 2.75) is 6.42 Å². The SMILES string of the molecule is NC(=O)C1CC(=O)N(CCN2CCNC2=O)C1. The minimum Gasteiger partial charge on any atom is -0.369 e. The molecular formula is C10H16N4O3. The quantitative estimate of drug-likeness (QED) is 0.616. The predicted molar refractivity (Wildman–Crippen MR) is 58.9 cm³/mol. The molecule has 0 saturated carbocycles. The molecule has 2 aliphatic rings. The molecule has 0 spiro atoms. The Morgan fingerprint density at radius 2 is 2.06 bits per heavy atom. The Morgan fingerprint density at radius 3 is 2.59 bits per heavy atom. The summed E-state index contributed by atoms with van der Waals surface area (Å²) in [5.74, 6) is -0.872. The first-order valence-corrected chi connectivity index (χ1v) is 5.68. The summed E-state index contributed by atoms with van der Waals surface area (Å²) in [5.41, 5.74) is 5.17. The second-order valence-electron chi connectivity index (χ2n) is 4.36. The minimum absolute atomic E-state index is 0.0617. The topological polar surface area (TPSA) is 95.7 Å². The molecule has 94 valence electrons. The Labute approximate surface area is 98.9 Å². The number of nitrogens with one attached hydrogen (secondary N) is 1. The molecule has 3 N–H and O–H groups in total. The molecule has 2 fully saturated rings. The van der Waals surface area contributed by atoms with Crippen LogP contribution in [0.2, 0.25) is 0 Å². The van der Waals surface area contributed by atoms with E-state index < -0.39 is 5.91 Å². The fourth-order valence-corrected chi connectivity index (χ4v) is 2.14. The molecule has 1 unspecified atom stereocenters. The number of nitrogens with zero attached hydrogens (tertiary/aromatic N) is 2. The third-order valence-electron chi connectivity index (χ3n) is 3.20. The van der Waals surface area contributed by atoms with Gasteiger partial charge < -0.3 is 20.9 Å². The van der Waals surface area contributed by atoms with Crippen LogP contribution < -0.4 is 11.1 Å². The highest BCUT2D eigenvalue weighted by molar-refractivity contribution is 5.88. The van der Waals surface area contributed by atoms with E-state index in [0.717, 1.165) is 0 Å². The summed E-state index contributed by atoms with van der Waals surface area (Å²) in [4.78, 5) is 37.1. The maximum atomic E-state index is 11.6. The fraction of sp³-hybridized carbons (Fsp3) is 0.700. The lowest BCUT2D eigenvalue weighted by molar-refractivity contribution is -0.128. The highest BCUT2D eigenvalue weighted by Crippen LogP contribution is 2.17. The maximum absolute atomic E-state index is 11.6. The standard InChI is InChI=1S/C10H16N4O3/c11-9(16)7-5-8(15)14(6-7)4-3-13-2-1-12-10(13)17/h7H,1-6H2,(H2,11,16)(H,12,17). The van der Waals surface area contributed by atoms with Gasteiger partial charge in [-0.05, 0) is 0 Å². The van der Waals surface area contributed by atoms with Gasteiger partial charge in [-0.3, -0.25) is 9.59 Å². The van der Waals surface area contributed by atoms with Gasteiger partial charge in [0.25, 0.3) is 0 Å². The third-order valence-corrected chi connectivity index (χ3v) is 3.20. The number of nitrogens with two attached hydrogens (primary N) is 1. The van der Waals surface area contributed by atoms with E-state index in [0.29, 0.717) is 32.7 Å². The number of rotatable bonds is 4. The molecule has 7 nitrogen and oxygen atoms in total. The number of amides is 4. The molecule has 0 radical (unpaired) electrons.